The van der Waals surface area contributed by atoms with Crippen LogP contribution in [0.15, 0.2) is 12.2 Å². The van der Waals surface area contributed by atoms with Crippen LogP contribution in [0.2, 0.25) is 0 Å². The molecule has 1 atom stereocenters. The van der Waals surface area contributed by atoms with Crippen molar-refractivity contribution in [1.29, 1.82) is 0 Å². The molecule has 0 aromatic rings. The highest BCUT2D eigenvalue weighted by Gasteiger charge is 2.30. The third-order valence-electron chi connectivity index (χ3n) is 2.14. The molecule has 1 aliphatic heterocycles. The van der Waals surface area contributed by atoms with Gasteiger partial charge in [-0.2, -0.15) is 0 Å². The van der Waals surface area contributed by atoms with E-state index in [2.05, 4.69) is 0 Å². The Morgan fingerprint density at radius 2 is 2.50 bits per heavy atom. The minimum absolute atomic E-state index is 0.0694. The average Bonchev–Trinajstić information content (AvgIpc) is 2.05. The van der Waals surface area contributed by atoms with Crippen molar-refractivity contribution in [3.63, 3.8) is 0 Å². The van der Waals surface area contributed by atoms with Gasteiger partial charge in [-0.15, -0.1) is 0 Å². The van der Waals surface area contributed by atoms with Crippen LogP contribution in [-0.2, 0) is 9.53 Å². The number of hydrogen-bond acceptors (Lipinski definition) is 2. The second-order valence-electron chi connectivity index (χ2n) is 3.03. The predicted molar refractivity (Wildman–Crippen MR) is 45.0 cm³/mol. The minimum Gasteiger partial charge on any atom is -0.481 e. The van der Waals surface area contributed by atoms with Crippen molar-refractivity contribution in [2.75, 3.05) is 6.61 Å². The molecule has 0 saturated heterocycles. The quantitative estimate of drug-likeness (QED) is 0.654. The summed E-state index contributed by atoms with van der Waals surface area (Å²) in [5.41, 5.74) is -0.538. The number of ether oxygens (including phenoxy) is 1. The SMILES string of the molecule is CCC1(CC(=O)O)C=CCCO1. The maximum absolute atomic E-state index is 10.5. The van der Waals surface area contributed by atoms with E-state index in [-0.39, 0.29) is 6.42 Å². The summed E-state index contributed by atoms with van der Waals surface area (Å²) in [6.07, 6.45) is 5.55. The maximum Gasteiger partial charge on any atom is 0.306 e. The highest BCUT2D eigenvalue weighted by atomic mass is 16.5. The van der Waals surface area contributed by atoms with Gasteiger partial charge in [0, 0.05) is 0 Å². The van der Waals surface area contributed by atoms with Gasteiger partial charge in [-0.3, -0.25) is 4.79 Å². The normalized spacial score (nSPS) is 28.8. The van der Waals surface area contributed by atoms with Crippen LogP contribution in [0.4, 0.5) is 0 Å². The Morgan fingerprint density at radius 1 is 1.75 bits per heavy atom. The first-order valence-electron chi connectivity index (χ1n) is 4.22. The van der Waals surface area contributed by atoms with Crippen LogP contribution in [0, 0.1) is 0 Å². The molecule has 0 aromatic carbocycles. The Kier molecular flexibility index (Phi) is 2.87. The Morgan fingerprint density at radius 3 is 2.92 bits per heavy atom. The van der Waals surface area contributed by atoms with E-state index < -0.39 is 11.6 Å². The number of hydrogen-bond donors (Lipinski definition) is 1. The van der Waals surface area contributed by atoms with E-state index in [1.54, 1.807) is 0 Å². The predicted octanol–water partition coefficient (Wildman–Crippen LogP) is 1.59. The lowest BCUT2D eigenvalue weighted by Crippen LogP contribution is -2.34. The fourth-order valence-corrected chi connectivity index (χ4v) is 1.39. The number of carboxylic acid groups (broad SMARTS) is 1. The zero-order chi connectivity index (χ0) is 9.03. The minimum atomic E-state index is -0.802. The van der Waals surface area contributed by atoms with Crippen molar-refractivity contribution in [2.24, 2.45) is 0 Å². The molecule has 12 heavy (non-hydrogen) atoms. The van der Waals surface area contributed by atoms with Crippen molar-refractivity contribution in [3.8, 4) is 0 Å². The monoisotopic (exact) mass is 170 g/mol. The van der Waals surface area contributed by atoms with Gasteiger partial charge >= 0.3 is 5.97 Å². The van der Waals surface area contributed by atoms with Crippen LogP contribution in [0.5, 0.6) is 0 Å². The van der Waals surface area contributed by atoms with E-state index in [1.807, 2.05) is 19.1 Å². The van der Waals surface area contributed by atoms with Gasteiger partial charge < -0.3 is 9.84 Å². The Hall–Kier alpha value is -0.830. The molecule has 0 saturated carbocycles. The Balaban J connectivity index is 2.66. The summed E-state index contributed by atoms with van der Waals surface area (Å²) < 4.78 is 5.46. The van der Waals surface area contributed by atoms with E-state index >= 15 is 0 Å². The summed E-state index contributed by atoms with van der Waals surface area (Å²) in [5, 5.41) is 8.65. The largest absolute Gasteiger partial charge is 0.481 e. The number of aliphatic carboxylic acids is 1. The first-order valence-corrected chi connectivity index (χ1v) is 4.22. The fourth-order valence-electron chi connectivity index (χ4n) is 1.39. The molecule has 0 spiro atoms. The van der Waals surface area contributed by atoms with Gasteiger partial charge in [-0.1, -0.05) is 19.1 Å². The van der Waals surface area contributed by atoms with Gasteiger partial charge in [-0.25, -0.2) is 0 Å². The first kappa shape index (κ1) is 9.26. The number of rotatable bonds is 3. The van der Waals surface area contributed by atoms with Crippen molar-refractivity contribution < 1.29 is 14.6 Å². The molecule has 0 bridgehead atoms. The topological polar surface area (TPSA) is 46.5 Å². The van der Waals surface area contributed by atoms with Gasteiger partial charge in [0.2, 0.25) is 0 Å². The summed E-state index contributed by atoms with van der Waals surface area (Å²) in [6.45, 7) is 2.58. The third-order valence-corrected chi connectivity index (χ3v) is 2.14. The van der Waals surface area contributed by atoms with E-state index in [9.17, 15) is 4.79 Å². The van der Waals surface area contributed by atoms with Crippen LogP contribution in [-0.4, -0.2) is 23.3 Å². The Labute approximate surface area is 72.0 Å². The lowest BCUT2D eigenvalue weighted by atomic mass is 9.94. The van der Waals surface area contributed by atoms with Crippen LogP contribution in [0.1, 0.15) is 26.2 Å². The van der Waals surface area contributed by atoms with Gasteiger partial charge in [0.25, 0.3) is 0 Å². The molecule has 3 heteroatoms. The van der Waals surface area contributed by atoms with E-state index in [0.717, 1.165) is 12.8 Å². The molecule has 1 aliphatic rings. The molecule has 68 valence electrons. The van der Waals surface area contributed by atoms with Crippen LogP contribution < -0.4 is 0 Å². The summed E-state index contributed by atoms with van der Waals surface area (Å²) in [7, 11) is 0. The van der Waals surface area contributed by atoms with Crippen LogP contribution >= 0.6 is 0 Å². The van der Waals surface area contributed by atoms with E-state index in [0.29, 0.717) is 6.61 Å². The van der Waals surface area contributed by atoms with Crippen molar-refractivity contribution in [3.05, 3.63) is 12.2 Å². The second kappa shape index (κ2) is 3.72. The van der Waals surface area contributed by atoms with Crippen molar-refractivity contribution in [2.45, 2.75) is 31.8 Å². The molecule has 0 aliphatic carbocycles. The third kappa shape index (κ3) is 2.08. The van der Waals surface area contributed by atoms with Crippen LogP contribution in [0.25, 0.3) is 0 Å². The standard InChI is InChI=1S/C9H14O3/c1-2-9(7-8(10)11)5-3-4-6-12-9/h3,5H,2,4,6-7H2,1H3,(H,10,11). The lowest BCUT2D eigenvalue weighted by Gasteiger charge is -2.30. The zero-order valence-electron chi connectivity index (χ0n) is 7.25. The highest BCUT2D eigenvalue weighted by molar-refractivity contribution is 5.68. The maximum atomic E-state index is 10.5. The zero-order valence-corrected chi connectivity index (χ0v) is 7.25. The van der Waals surface area contributed by atoms with Crippen LogP contribution in [0.3, 0.4) is 0 Å². The van der Waals surface area contributed by atoms with Gasteiger partial charge in [0.05, 0.1) is 18.6 Å². The summed E-state index contributed by atoms with van der Waals surface area (Å²) in [6, 6.07) is 0. The molecule has 1 N–H and O–H groups in total. The van der Waals surface area contributed by atoms with Crippen molar-refractivity contribution in [1.82, 2.24) is 0 Å². The number of carboxylic acids is 1. The van der Waals surface area contributed by atoms with Crippen molar-refractivity contribution >= 4 is 5.97 Å². The molecule has 1 heterocycles. The molecule has 0 aromatic heterocycles. The Bertz CT molecular complexity index is 198. The fraction of sp³-hybridized carbons (Fsp3) is 0.667. The molecular formula is C9H14O3. The summed E-state index contributed by atoms with van der Waals surface area (Å²) in [5.74, 6) is -0.802. The average molecular weight is 170 g/mol. The second-order valence-corrected chi connectivity index (χ2v) is 3.03. The smallest absolute Gasteiger partial charge is 0.306 e. The molecule has 0 fully saturated rings. The summed E-state index contributed by atoms with van der Waals surface area (Å²) in [4.78, 5) is 10.5. The number of carbonyl (C=O) groups is 1. The van der Waals surface area contributed by atoms with Gasteiger partial charge in [0.1, 0.15) is 0 Å². The molecular weight excluding hydrogens is 156 g/mol. The molecule has 1 rings (SSSR count). The molecule has 0 amide bonds. The van der Waals surface area contributed by atoms with Gasteiger partial charge in [-0.05, 0) is 12.8 Å². The van der Waals surface area contributed by atoms with Gasteiger partial charge in [0.15, 0.2) is 0 Å². The van der Waals surface area contributed by atoms with E-state index in [1.165, 1.54) is 0 Å². The lowest BCUT2D eigenvalue weighted by molar-refractivity contribution is -0.143. The first-order chi connectivity index (χ1) is 5.68. The molecule has 3 nitrogen and oxygen atoms in total. The van der Waals surface area contributed by atoms with E-state index in [4.69, 9.17) is 9.84 Å². The molecule has 0 radical (unpaired) electrons. The molecule has 1 unspecified atom stereocenters. The summed E-state index contributed by atoms with van der Waals surface area (Å²) >= 11 is 0. The highest BCUT2D eigenvalue weighted by Crippen LogP contribution is 2.25.